The van der Waals surface area contributed by atoms with Crippen LogP contribution in [0.4, 0.5) is 4.39 Å². The average molecular weight is 272 g/mol. The minimum Gasteiger partial charge on any atom is -0.487 e. The summed E-state index contributed by atoms with van der Waals surface area (Å²) in [6.07, 6.45) is 1.49. The number of halogens is 2. The Balaban J connectivity index is 1.96. The van der Waals surface area contributed by atoms with E-state index in [9.17, 15) is 4.39 Å². The molecule has 0 unspecified atom stereocenters. The zero-order valence-electron chi connectivity index (χ0n) is 7.61. The molecule has 0 aliphatic rings. The minimum atomic E-state index is -0.286. The molecule has 0 N–H and O–H groups in total. The first kappa shape index (κ1) is 10.2. The van der Waals surface area contributed by atoms with E-state index in [0.717, 1.165) is 0 Å². The molecule has 78 valence electrons. The van der Waals surface area contributed by atoms with E-state index >= 15 is 0 Å². The zero-order valence-corrected chi connectivity index (χ0v) is 9.20. The summed E-state index contributed by atoms with van der Waals surface area (Å²) in [7, 11) is 0. The summed E-state index contributed by atoms with van der Waals surface area (Å²) in [5.41, 5.74) is 0.672. The van der Waals surface area contributed by atoms with Gasteiger partial charge in [-0.3, -0.25) is 0 Å². The van der Waals surface area contributed by atoms with Gasteiger partial charge in [0.25, 0.3) is 4.80 Å². The molecule has 0 saturated heterocycles. The molecule has 5 heteroatoms. The third-order valence-corrected chi connectivity index (χ3v) is 2.09. The molecule has 2 aromatic rings. The van der Waals surface area contributed by atoms with E-state index in [1.54, 1.807) is 12.1 Å². The number of hydrogen-bond acceptors (Lipinski definition) is 3. The molecule has 0 amide bonds. The van der Waals surface area contributed by atoms with Crippen molar-refractivity contribution in [2.45, 2.75) is 6.61 Å². The molecule has 0 saturated carbocycles. The molecule has 15 heavy (non-hydrogen) atoms. The van der Waals surface area contributed by atoms with Gasteiger partial charge in [0.05, 0.1) is 0 Å². The maximum absolute atomic E-state index is 12.6. The van der Waals surface area contributed by atoms with Crippen molar-refractivity contribution in [1.82, 2.24) is 4.98 Å². The lowest BCUT2D eigenvalue weighted by Crippen LogP contribution is -1.95. The summed E-state index contributed by atoms with van der Waals surface area (Å²) in [5, 5.41) is 0. The van der Waals surface area contributed by atoms with Crippen LogP contribution in [0.15, 0.2) is 39.7 Å². The number of oxazole rings is 1. The van der Waals surface area contributed by atoms with Crippen LogP contribution in [-0.4, -0.2) is 4.98 Å². The maximum Gasteiger partial charge on any atom is 0.264 e. The van der Waals surface area contributed by atoms with Crippen LogP contribution in [0.3, 0.4) is 0 Å². The monoisotopic (exact) mass is 271 g/mol. The molecule has 0 fully saturated rings. The van der Waals surface area contributed by atoms with Gasteiger partial charge in [-0.1, -0.05) is 0 Å². The fourth-order valence-corrected chi connectivity index (χ4v) is 1.36. The van der Waals surface area contributed by atoms with E-state index in [1.807, 2.05) is 0 Å². The minimum absolute atomic E-state index is 0.286. The van der Waals surface area contributed by atoms with E-state index in [2.05, 4.69) is 20.9 Å². The van der Waals surface area contributed by atoms with Crippen LogP contribution >= 0.6 is 15.9 Å². The summed E-state index contributed by atoms with van der Waals surface area (Å²) in [6.45, 7) is 0.292. The lowest BCUT2D eigenvalue weighted by atomic mass is 10.3. The summed E-state index contributed by atoms with van der Waals surface area (Å²) in [5.74, 6) is 0.307. The van der Waals surface area contributed by atoms with Crippen molar-refractivity contribution in [1.29, 1.82) is 0 Å². The molecule has 3 nitrogen and oxygen atoms in total. The van der Waals surface area contributed by atoms with Crippen LogP contribution in [-0.2, 0) is 6.61 Å². The van der Waals surface area contributed by atoms with Crippen LogP contribution in [0.5, 0.6) is 5.75 Å². The van der Waals surface area contributed by atoms with Gasteiger partial charge in [0.15, 0.2) is 0 Å². The van der Waals surface area contributed by atoms with Crippen molar-refractivity contribution < 1.29 is 13.5 Å². The van der Waals surface area contributed by atoms with Crippen LogP contribution < -0.4 is 4.74 Å². The highest BCUT2D eigenvalue weighted by Crippen LogP contribution is 2.14. The van der Waals surface area contributed by atoms with Gasteiger partial charge < -0.3 is 9.15 Å². The highest BCUT2D eigenvalue weighted by Gasteiger charge is 2.01. The van der Waals surface area contributed by atoms with Crippen LogP contribution in [0.1, 0.15) is 5.69 Å². The van der Waals surface area contributed by atoms with Gasteiger partial charge in [-0.2, -0.15) is 0 Å². The lowest BCUT2D eigenvalue weighted by molar-refractivity contribution is 0.300. The molecular formula is C10H7BrFNO2. The van der Waals surface area contributed by atoms with E-state index in [0.29, 0.717) is 22.9 Å². The highest BCUT2D eigenvalue weighted by atomic mass is 79.9. The first-order valence-electron chi connectivity index (χ1n) is 4.22. The number of ether oxygens (including phenoxy) is 1. The van der Waals surface area contributed by atoms with Crippen molar-refractivity contribution in [2.24, 2.45) is 0 Å². The van der Waals surface area contributed by atoms with Crippen molar-refractivity contribution in [3.05, 3.63) is 46.8 Å². The van der Waals surface area contributed by atoms with Crippen LogP contribution in [0, 0.1) is 5.82 Å². The molecule has 1 heterocycles. The SMILES string of the molecule is Fc1ccc(OCc2coc(Br)n2)cc1. The fourth-order valence-electron chi connectivity index (χ4n) is 1.04. The Morgan fingerprint density at radius 1 is 1.33 bits per heavy atom. The maximum atomic E-state index is 12.6. The number of rotatable bonds is 3. The highest BCUT2D eigenvalue weighted by molar-refractivity contribution is 9.10. The summed E-state index contributed by atoms with van der Waals surface area (Å²) < 4.78 is 22.9. The number of nitrogens with zero attached hydrogens (tertiary/aromatic N) is 1. The molecule has 0 atom stereocenters. The van der Waals surface area contributed by atoms with Gasteiger partial charge in [0.2, 0.25) is 0 Å². The molecule has 0 aliphatic heterocycles. The molecule has 0 radical (unpaired) electrons. The molecule has 1 aromatic carbocycles. The zero-order chi connectivity index (χ0) is 10.7. The van der Waals surface area contributed by atoms with E-state index in [-0.39, 0.29) is 5.82 Å². The van der Waals surface area contributed by atoms with Crippen molar-refractivity contribution in [2.75, 3.05) is 0 Å². The Morgan fingerprint density at radius 2 is 2.07 bits per heavy atom. The quantitative estimate of drug-likeness (QED) is 0.860. The smallest absolute Gasteiger partial charge is 0.264 e. The number of benzene rings is 1. The average Bonchev–Trinajstić information content (AvgIpc) is 2.64. The third-order valence-electron chi connectivity index (χ3n) is 1.72. The number of hydrogen-bond donors (Lipinski definition) is 0. The molecule has 0 spiro atoms. The van der Waals surface area contributed by atoms with Gasteiger partial charge in [-0.25, -0.2) is 9.37 Å². The van der Waals surface area contributed by atoms with Crippen molar-refractivity contribution in [3.63, 3.8) is 0 Å². The Hall–Kier alpha value is -1.36. The van der Waals surface area contributed by atoms with Gasteiger partial charge in [-0.15, -0.1) is 0 Å². The van der Waals surface area contributed by atoms with Crippen molar-refractivity contribution >= 4 is 15.9 Å². The predicted octanol–water partition coefficient (Wildman–Crippen LogP) is 3.16. The van der Waals surface area contributed by atoms with E-state index in [4.69, 9.17) is 9.15 Å². The van der Waals surface area contributed by atoms with Gasteiger partial charge in [0.1, 0.15) is 30.1 Å². The van der Waals surface area contributed by atoms with Crippen LogP contribution in [0.2, 0.25) is 0 Å². The molecule has 1 aromatic heterocycles. The lowest BCUT2D eigenvalue weighted by Gasteiger charge is -2.02. The Labute approximate surface area is 94.0 Å². The second-order valence-electron chi connectivity index (χ2n) is 2.83. The van der Waals surface area contributed by atoms with E-state index in [1.165, 1.54) is 18.4 Å². The molecule has 0 bridgehead atoms. The Kier molecular flexibility index (Phi) is 3.01. The topological polar surface area (TPSA) is 35.3 Å². The predicted molar refractivity (Wildman–Crippen MR) is 54.9 cm³/mol. The molecule has 0 aliphatic carbocycles. The fraction of sp³-hybridized carbons (Fsp3) is 0.100. The first-order chi connectivity index (χ1) is 7.24. The summed E-state index contributed by atoms with van der Waals surface area (Å²) in [4.78, 5) is 4.41. The standard InChI is InChI=1S/C10H7BrFNO2/c11-10-13-8(6-15-10)5-14-9-3-1-7(12)2-4-9/h1-4,6H,5H2. The normalized spacial score (nSPS) is 10.3. The van der Waals surface area contributed by atoms with Gasteiger partial charge in [-0.05, 0) is 24.3 Å². The summed E-state index contributed by atoms with van der Waals surface area (Å²) >= 11 is 3.08. The second-order valence-corrected chi connectivity index (χ2v) is 3.51. The number of aromatic nitrogens is 1. The molecule has 2 rings (SSSR count). The summed E-state index contributed by atoms with van der Waals surface area (Å²) in [6, 6.07) is 5.80. The van der Waals surface area contributed by atoms with Crippen LogP contribution in [0.25, 0.3) is 0 Å². The van der Waals surface area contributed by atoms with E-state index < -0.39 is 0 Å². The Morgan fingerprint density at radius 3 is 2.67 bits per heavy atom. The van der Waals surface area contributed by atoms with Gasteiger partial charge >= 0.3 is 0 Å². The Bertz CT molecular complexity index is 441. The first-order valence-corrected chi connectivity index (χ1v) is 5.01. The van der Waals surface area contributed by atoms with Crippen molar-refractivity contribution in [3.8, 4) is 5.75 Å². The largest absolute Gasteiger partial charge is 0.487 e. The third kappa shape index (κ3) is 2.79. The second kappa shape index (κ2) is 4.44. The van der Waals surface area contributed by atoms with Gasteiger partial charge in [0, 0.05) is 15.9 Å². The molecular weight excluding hydrogens is 265 g/mol.